The SMILES string of the molecule is CC(C)=CCCC(C)(C)[C@@H](C)O. The molecule has 0 aromatic carbocycles. The van der Waals surface area contributed by atoms with Gasteiger partial charge >= 0.3 is 0 Å². The van der Waals surface area contributed by atoms with Crippen molar-refractivity contribution in [1.29, 1.82) is 0 Å². The normalized spacial score (nSPS) is 14.2. The molecule has 1 nitrogen and oxygen atoms in total. The van der Waals surface area contributed by atoms with E-state index >= 15 is 0 Å². The van der Waals surface area contributed by atoms with Gasteiger partial charge in [-0.05, 0) is 39.0 Å². The van der Waals surface area contributed by atoms with Crippen molar-refractivity contribution >= 4 is 0 Å². The minimum absolute atomic E-state index is 0.0476. The molecule has 0 aliphatic heterocycles. The molecule has 0 aliphatic rings. The maximum absolute atomic E-state index is 9.42. The molecule has 0 amide bonds. The number of rotatable bonds is 4. The molecule has 0 rings (SSSR count). The third-order valence-electron chi connectivity index (χ3n) is 2.47. The molecule has 1 atom stereocenters. The molecule has 0 saturated carbocycles. The van der Waals surface area contributed by atoms with Crippen LogP contribution in [0.5, 0.6) is 0 Å². The van der Waals surface area contributed by atoms with Gasteiger partial charge in [-0.1, -0.05) is 25.5 Å². The van der Waals surface area contributed by atoms with E-state index in [1.54, 1.807) is 0 Å². The van der Waals surface area contributed by atoms with Crippen molar-refractivity contribution in [1.82, 2.24) is 0 Å². The van der Waals surface area contributed by atoms with Gasteiger partial charge in [-0.15, -0.1) is 0 Å². The summed E-state index contributed by atoms with van der Waals surface area (Å²) in [7, 11) is 0. The van der Waals surface area contributed by atoms with Crippen molar-refractivity contribution in [2.24, 2.45) is 5.41 Å². The zero-order valence-electron chi connectivity index (χ0n) is 9.02. The molecule has 12 heavy (non-hydrogen) atoms. The molecule has 0 unspecified atom stereocenters. The number of hydrogen-bond acceptors (Lipinski definition) is 1. The van der Waals surface area contributed by atoms with E-state index in [2.05, 4.69) is 33.8 Å². The van der Waals surface area contributed by atoms with Crippen molar-refractivity contribution in [3.63, 3.8) is 0 Å². The molecular weight excluding hydrogens is 148 g/mol. The zero-order chi connectivity index (χ0) is 9.78. The van der Waals surface area contributed by atoms with Gasteiger partial charge in [-0.25, -0.2) is 0 Å². The van der Waals surface area contributed by atoms with Crippen LogP contribution in [0.25, 0.3) is 0 Å². The van der Waals surface area contributed by atoms with Gasteiger partial charge in [0.15, 0.2) is 0 Å². The minimum atomic E-state index is -0.219. The number of aliphatic hydroxyl groups is 1. The van der Waals surface area contributed by atoms with Crippen LogP contribution in [0.2, 0.25) is 0 Å². The molecule has 0 spiro atoms. The summed E-state index contributed by atoms with van der Waals surface area (Å²) in [6.45, 7) is 10.3. The van der Waals surface area contributed by atoms with Gasteiger partial charge in [0.05, 0.1) is 6.10 Å². The van der Waals surface area contributed by atoms with Crippen LogP contribution < -0.4 is 0 Å². The lowest BCUT2D eigenvalue weighted by molar-refractivity contribution is 0.0605. The second-order valence-corrected chi connectivity index (χ2v) is 4.48. The monoisotopic (exact) mass is 170 g/mol. The highest BCUT2D eigenvalue weighted by molar-refractivity contribution is 4.94. The Labute approximate surface area is 76.5 Å². The summed E-state index contributed by atoms with van der Waals surface area (Å²) in [6.07, 6.45) is 4.13. The summed E-state index contributed by atoms with van der Waals surface area (Å²) >= 11 is 0. The first-order valence-electron chi connectivity index (χ1n) is 4.67. The lowest BCUT2D eigenvalue weighted by Crippen LogP contribution is -2.25. The molecule has 0 saturated heterocycles. The van der Waals surface area contributed by atoms with Crippen LogP contribution in [0.3, 0.4) is 0 Å². The summed E-state index contributed by atoms with van der Waals surface area (Å²) in [6, 6.07) is 0. The molecule has 0 fully saturated rings. The van der Waals surface area contributed by atoms with E-state index in [-0.39, 0.29) is 11.5 Å². The predicted octanol–water partition coefficient (Wildman–Crippen LogP) is 3.14. The fourth-order valence-electron chi connectivity index (χ4n) is 0.942. The Morgan fingerprint density at radius 2 is 1.92 bits per heavy atom. The van der Waals surface area contributed by atoms with Crippen LogP contribution >= 0.6 is 0 Å². The van der Waals surface area contributed by atoms with E-state index in [9.17, 15) is 5.11 Å². The Balaban J connectivity index is 3.84. The highest BCUT2D eigenvalue weighted by atomic mass is 16.3. The van der Waals surface area contributed by atoms with Crippen LogP contribution in [0.15, 0.2) is 11.6 Å². The van der Waals surface area contributed by atoms with Gasteiger partial charge in [-0.3, -0.25) is 0 Å². The standard InChI is InChI=1S/C11H22O/c1-9(2)7-6-8-11(4,5)10(3)12/h7,10,12H,6,8H2,1-5H3/t10-/m1/s1. The summed E-state index contributed by atoms with van der Waals surface area (Å²) in [5, 5.41) is 9.42. The van der Waals surface area contributed by atoms with E-state index in [4.69, 9.17) is 0 Å². The first-order valence-corrected chi connectivity index (χ1v) is 4.67. The quantitative estimate of drug-likeness (QED) is 0.643. The predicted molar refractivity (Wildman–Crippen MR) is 54.1 cm³/mol. The third-order valence-corrected chi connectivity index (χ3v) is 2.47. The maximum Gasteiger partial charge on any atom is 0.0563 e. The number of allylic oxidation sites excluding steroid dienone is 2. The van der Waals surface area contributed by atoms with Crippen molar-refractivity contribution in [3.8, 4) is 0 Å². The van der Waals surface area contributed by atoms with E-state index in [0.29, 0.717) is 0 Å². The molecule has 1 heteroatoms. The molecular formula is C11H22O. The Bertz CT molecular complexity index is 150. The molecule has 0 aliphatic carbocycles. The molecule has 0 radical (unpaired) electrons. The van der Waals surface area contributed by atoms with E-state index < -0.39 is 0 Å². The molecule has 0 heterocycles. The second kappa shape index (κ2) is 4.66. The van der Waals surface area contributed by atoms with Gasteiger partial charge in [0.1, 0.15) is 0 Å². The van der Waals surface area contributed by atoms with Gasteiger partial charge in [-0.2, -0.15) is 0 Å². The van der Waals surface area contributed by atoms with Gasteiger partial charge in [0.25, 0.3) is 0 Å². The highest BCUT2D eigenvalue weighted by Gasteiger charge is 2.22. The van der Waals surface area contributed by atoms with Gasteiger partial charge in [0, 0.05) is 0 Å². The summed E-state index contributed by atoms with van der Waals surface area (Å²) in [5.74, 6) is 0. The van der Waals surface area contributed by atoms with E-state index in [1.165, 1.54) is 5.57 Å². The number of hydrogen-bond donors (Lipinski definition) is 1. The fourth-order valence-corrected chi connectivity index (χ4v) is 0.942. The van der Waals surface area contributed by atoms with Crippen LogP contribution in [-0.2, 0) is 0 Å². The molecule has 72 valence electrons. The minimum Gasteiger partial charge on any atom is -0.393 e. The topological polar surface area (TPSA) is 20.2 Å². The van der Waals surface area contributed by atoms with Crippen molar-refractivity contribution in [2.45, 2.75) is 53.6 Å². The van der Waals surface area contributed by atoms with Gasteiger partial charge < -0.3 is 5.11 Å². The van der Waals surface area contributed by atoms with Gasteiger partial charge in [0.2, 0.25) is 0 Å². The van der Waals surface area contributed by atoms with Crippen molar-refractivity contribution < 1.29 is 5.11 Å². The number of aliphatic hydroxyl groups excluding tert-OH is 1. The first-order chi connectivity index (χ1) is 5.36. The van der Waals surface area contributed by atoms with Crippen LogP contribution in [0.4, 0.5) is 0 Å². The molecule has 0 aromatic rings. The smallest absolute Gasteiger partial charge is 0.0563 e. The lowest BCUT2D eigenvalue weighted by atomic mass is 9.82. The molecule has 0 bridgehead atoms. The second-order valence-electron chi connectivity index (χ2n) is 4.48. The Morgan fingerprint density at radius 1 is 1.42 bits per heavy atom. The average molecular weight is 170 g/mol. The Kier molecular flexibility index (Phi) is 4.54. The Hall–Kier alpha value is -0.300. The first kappa shape index (κ1) is 11.7. The maximum atomic E-state index is 9.42. The largest absolute Gasteiger partial charge is 0.393 e. The summed E-state index contributed by atoms with van der Waals surface area (Å²) in [5.41, 5.74) is 1.41. The highest BCUT2D eigenvalue weighted by Crippen LogP contribution is 2.26. The van der Waals surface area contributed by atoms with E-state index in [0.717, 1.165) is 12.8 Å². The van der Waals surface area contributed by atoms with Crippen LogP contribution in [-0.4, -0.2) is 11.2 Å². The summed E-state index contributed by atoms with van der Waals surface area (Å²) in [4.78, 5) is 0. The molecule has 1 N–H and O–H groups in total. The third kappa shape index (κ3) is 4.55. The van der Waals surface area contributed by atoms with E-state index in [1.807, 2.05) is 6.92 Å². The van der Waals surface area contributed by atoms with Crippen molar-refractivity contribution in [2.75, 3.05) is 0 Å². The van der Waals surface area contributed by atoms with Crippen LogP contribution in [0, 0.1) is 5.41 Å². The Morgan fingerprint density at radius 3 is 2.25 bits per heavy atom. The lowest BCUT2D eigenvalue weighted by Gasteiger charge is -2.27. The fraction of sp³-hybridized carbons (Fsp3) is 0.818. The molecule has 0 aromatic heterocycles. The zero-order valence-corrected chi connectivity index (χ0v) is 9.02. The summed E-state index contributed by atoms with van der Waals surface area (Å²) < 4.78 is 0. The van der Waals surface area contributed by atoms with Crippen molar-refractivity contribution in [3.05, 3.63) is 11.6 Å². The average Bonchev–Trinajstić information content (AvgIpc) is 1.85. The van der Waals surface area contributed by atoms with Crippen LogP contribution in [0.1, 0.15) is 47.5 Å².